The topological polar surface area (TPSA) is 98.4 Å². The number of hydrogen-bond donors (Lipinski definition) is 2. The van der Waals surface area contributed by atoms with Gasteiger partial charge in [0.15, 0.2) is 5.82 Å². The first kappa shape index (κ1) is 15.4. The zero-order valence-electron chi connectivity index (χ0n) is 12.8. The molecule has 1 aliphatic rings. The highest BCUT2D eigenvalue weighted by Gasteiger charge is 2.12. The van der Waals surface area contributed by atoms with Crippen molar-refractivity contribution < 1.29 is 9.47 Å². The Morgan fingerprint density at radius 3 is 2.96 bits per heavy atom. The molecule has 0 aromatic carbocycles. The maximum absolute atomic E-state index is 6.08. The van der Waals surface area contributed by atoms with E-state index in [1.807, 2.05) is 0 Å². The fourth-order valence-electron chi connectivity index (χ4n) is 2.28. The van der Waals surface area contributed by atoms with E-state index in [-0.39, 0.29) is 0 Å². The fraction of sp³-hybridized carbons (Fsp3) is 0.400. The van der Waals surface area contributed by atoms with E-state index < -0.39 is 0 Å². The average Bonchev–Trinajstić information content (AvgIpc) is 2.60. The Morgan fingerprint density at radius 2 is 2.17 bits per heavy atom. The third-order valence-corrected chi connectivity index (χ3v) is 3.52. The molecule has 0 saturated carbocycles. The molecule has 0 unspecified atom stereocenters. The molecule has 2 aromatic heterocycles. The zero-order valence-corrected chi connectivity index (χ0v) is 12.8. The number of anilines is 2. The zero-order chi connectivity index (χ0) is 15.9. The predicted octanol–water partition coefficient (Wildman–Crippen LogP) is 0.990. The van der Waals surface area contributed by atoms with E-state index in [1.165, 1.54) is 6.33 Å². The molecule has 0 amide bonds. The van der Waals surface area contributed by atoms with Crippen LogP contribution in [0.1, 0.15) is 0 Å². The molecule has 0 spiro atoms. The Labute approximate surface area is 134 Å². The summed E-state index contributed by atoms with van der Waals surface area (Å²) in [4.78, 5) is 14.6. The predicted molar refractivity (Wildman–Crippen MR) is 86.5 cm³/mol. The van der Waals surface area contributed by atoms with Gasteiger partial charge in [0.2, 0.25) is 5.88 Å². The maximum atomic E-state index is 6.08. The van der Waals surface area contributed by atoms with Crippen LogP contribution in [0.25, 0.3) is 0 Å². The number of nitrogens with one attached hydrogen (secondary N) is 1. The van der Waals surface area contributed by atoms with E-state index in [1.54, 1.807) is 24.5 Å². The molecule has 3 rings (SSSR count). The largest absolute Gasteiger partial charge is 0.435 e. The highest BCUT2D eigenvalue weighted by Crippen LogP contribution is 2.28. The Kier molecular flexibility index (Phi) is 5.17. The van der Waals surface area contributed by atoms with Gasteiger partial charge in [0.25, 0.3) is 0 Å². The van der Waals surface area contributed by atoms with E-state index in [0.717, 1.165) is 39.4 Å². The van der Waals surface area contributed by atoms with Crippen molar-refractivity contribution in [1.29, 1.82) is 0 Å². The van der Waals surface area contributed by atoms with Crippen LogP contribution in [-0.4, -0.2) is 59.2 Å². The smallest absolute Gasteiger partial charge is 0.248 e. The summed E-state index contributed by atoms with van der Waals surface area (Å²) < 4.78 is 11.0. The minimum absolute atomic E-state index is 0.321. The van der Waals surface area contributed by atoms with Gasteiger partial charge in [-0.25, -0.2) is 4.98 Å². The summed E-state index contributed by atoms with van der Waals surface area (Å²) in [6.07, 6.45) is 4.71. The van der Waals surface area contributed by atoms with Crippen molar-refractivity contribution in [3.63, 3.8) is 0 Å². The van der Waals surface area contributed by atoms with Crippen LogP contribution in [0, 0.1) is 0 Å². The molecule has 1 aliphatic heterocycles. The highest BCUT2D eigenvalue weighted by atomic mass is 16.5. The Morgan fingerprint density at radius 1 is 1.30 bits per heavy atom. The van der Waals surface area contributed by atoms with Crippen molar-refractivity contribution in [3.05, 3.63) is 30.9 Å². The quantitative estimate of drug-likeness (QED) is 0.814. The average molecular weight is 316 g/mol. The number of nitrogens with two attached hydrogens (primary N) is 1. The second-order valence-corrected chi connectivity index (χ2v) is 5.11. The molecule has 0 aliphatic carbocycles. The van der Waals surface area contributed by atoms with Crippen LogP contribution >= 0.6 is 0 Å². The third-order valence-electron chi connectivity index (χ3n) is 3.52. The molecule has 3 heterocycles. The first-order chi connectivity index (χ1) is 11.3. The summed E-state index contributed by atoms with van der Waals surface area (Å²) in [5, 5.41) is 3.23. The van der Waals surface area contributed by atoms with E-state index in [9.17, 15) is 0 Å². The number of nitrogen functional groups attached to an aromatic ring is 1. The summed E-state index contributed by atoms with van der Waals surface area (Å²) in [7, 11) is 0. The number of morpholine rings is 1. The van der Waals surface area contributed by atoms with Crippen molar-refractivity contribution >= 4 is 11.5 Å². The van der Waals surface area contributed by atoms with E-state index in [0.29, 0.717) is 23.1 Å². The fourth-order valence-corrected chi connectivity index (χ4v) is 2.28. The minimum atomic E-state index is 0.321. The van der Waals surface area contributed by atoms with Gasteiger partial charge in [0.05, 0.1) is 19.4 Å². The summed E-state index contributed by atoms with van der Waals surface area (Å²) in [6.45, 7) is 5.14. The lowest BCUT2D eigenvalue weighted by Crippen LogP contribution is -2.39. The van der Waals surface area contributed by atoms with E-state index in [2.05, 4.69) is 25.2 Å². The SMILES string of the molecule is Nc1c(NCCN2CCOCC2)ncnc1Oc1cccnc1. The summed E-state index contributed by atoms with van der Waals surface area (Å²) >= 11 is 0. The van der Waals surface area contributed by atoms with Crippen molar-refractivity contribution in [2.24, 2.45) is 0 Å². The van der Waals surface area contributed by atoms with Crippen molar-refractivity contribution in [1.82, 2.24) is 19.9 Å². The molecule has 1 fully saturated rings. The standard InChI is InChI=1S/C15H20N6O2/c16-13-14(18-4-5-21-6-8-22-9-7-21)19-11-20-15(13)23-12-2-1-3-17-10-12/h1-3,10-11H,4-9,16H2,(H,18,19,20). The van der Waals surface area contributed by atoms with Crippen LogP contribution in [-0.2, 0) is 4.74 Å². The molecule has 0 radical (unpaired) electrons. The molecular weight excluding hydrogens is 296 g/mol. The molecule has 0 bridgehead atoms. The second kappa shape index (κ2) is 7.70. The van der Waals surface area contributed by atoms with Crippen LogP contribution in [0.3, 0.4) is 0 Å². The van der Waals surface area contributed by atoms with Crippen LogP contribution in [0.2, 0.25) is 0 Å². The second-order valence-electron chi connectivity index (χ2n) is 5.11. The number of ether oxygens (including phenoxy) is 2. The van der Waals surface area contributed by atoms with Crippen LogP contribution in [0.4, 0.5) is 11.5 Å². The van der Waals surface area contributed by atoms with Crippen molar-refractivity contribution in [3.8, 4) is 11.6 Å². The molecule has 8 nitrogen and oxygen atoms in total. The van der Waals surface area contributed by atoms with Gasteiger partial charge in [-0.3, -0.25) is 9.88 Å². The molecule has 3 N–H and O–H groups in total. The molecule has 0 atom stereocenters. The van der Waals surface area contributed by atoms with Gasteiger partial charge in [-0.05, 0) is 12.1 Å². The van der Waals surface area contributed by atoms with Crippen molar-refractivity contribution in [2.45, 2.75) is 0 Å². The number of hydrogen-bond acceptors (Lipinski definition) is 8. The third kappa shape index (κ3) is 4.27. The number of rotatable bonds is 6. The lowest BCUT2D eigenvalue weighted by atomic mass is 10.4. The van der Waals surface area contributed by atoms with E-state index >= 15 is 0 Å². The Bertz CT molecular complexity index is 619. The number of nitrogens with zero attached hydrogens (tertiary/aromatic N) is 4. The molecule has 23 heavy (non-hydrogen) atoms. The summed E-state index contributed by atoms with van der Waals surface area (Å²) in [5.74, 6) is 1.48. The van der Waals surface area contributed by atoms with Gasteiger partial charge in [-0.15, -0.1) is 0 Å². The molecule has 2 aromatic rings. The number of aromatic nitrogens is 3. The monoisotopic (exact) mass is 316 g/mol. The normalized spacial score (nSPS) is 15.3. The van der Waals surface area contributed by atoms with E-state index in [4.69, 9.17) is 15.2 Å². The lowest BCUT2D eigenvalue weighted by molar-refractivity contribution is 0.0398. The van der Waals surface area contributed by atoms with Gasteiger partial charge in [0.1, 0.15) is 17.8 Å². The van der Waals surface area contributed by atoms with Gasteiger partial charge < -0.3 is 20.5 Å². The summed E-state index contributed by atoms with van der Waals surface area (Å²) in [5.41, 5.74) is 6.47. The van der Waals surface area contributed by atoms with Crippen molar-refractivity contribution in [2.75, 3.05) is 50.4 Å². The first-order valence-corrected chi connectivity index (χ1v) is 7.55. The maximum Gasteiger partial charge on any atom is 0.248 e. The van der Waals surface area contributed by atoms with Gasteiger partial charge in [-0.2, -0.15) is 4.98 Å². The molecule has 8 heteroatoms. The van der Waals surface area contributed by atoms with Crippen LogP contribution in [0.15, 0.2) is 30.9 Å². The Hall–Kier alpha value is -2.45. The Balaban J connectivity index is 1.58. The molecular formula is C15H20N6O2. The van der Waals surface area contributed by atoms with Gasteiger partial charge in [-0.1, -0.05) is 0 Å². The highest BCUT2D eigenvalue weighted by molar-refractivity contribution is 5.66. The molecule has 1 saturated heterocycles. The van der Waals surface area contributed by atoms with Crippen LogP contribution < -0.4 is 15.8 Å². The summed E-state index contributed by atoms with van der Waals surface area (Å²) in [6, 6.07) is 3.58. The number of pyridine rings is 1. The minimum Gasteiger partial charge on any atom is -0.435 e. The van der Waals surface area contributed by atoms with Gasteiger partial charge >= 0.3 is 0 Å². The van der Waals surface area contributed by atoms with Gasteiger partial charge in [0, 0.05) is 32.4 Å². The lowest BCUT2D eigenvalue weighted by Gasteiger charge is -2.26. The van der Waals surface area contributed by atoms with Crippen LogP contribution in [0.5, 0.6) is 11.6 Å². The first-order valence-electron chi connectivity index (χ1n) is 7.55. The molecule has 122 valence electrons.